The van der Waals surface area contributed by atoms with Crippen molar-refractivity contribution < 1.29 is 23.8 Å². The Bertz CT molecular complexity index is 1630. The first-order valence-electron chi connectivity index (χ1n) is 13.9. The molecule has 3 heterocycles. The Kier molecular flexibility index (Phi) is 6.64. The smallest absolute Gasteiger partial charge is 0.255 e. The molecule has 0 radical (unpaired) electrons. The minimum atomic E-state index is -1.17. The number of nitrogens with zero attached hydrogens (tertiary/aromatic N) is 2. The van der Waals surface area contributed by atoms with E-state index in [2.05, 4.69) is 11.1 Å². The van der Waals surface area contributed by atoms with Gasteiger partial charge in [0.2, 0.25) is 5.91 Å². The average molecular weight is 554 g/mol. The van der Waals surface area contributed by atoms with Gasteiger partial charge in [-0.15, -0.1) is 0 Å². The number of carbonyl (C=O) groups is 2. The summed E-state index contributed by atoms with van der Waals surface area (Å²) in [5.74, 6) is 1.71. The van der Waals surface area contributed by atoms with Crippen LogP contribution < -0.4 is 14.2 Å². The van der Waals surface area contributed by atoms with Crippen LogP contribution >= 0.6 is 0 Å². The van der Waals surface area contributed by atoms with Crippen LogP contribution in [0.3, 0.4) is 0 Å². The highest BCUT2D eigenvalue weighted by atomic mass is 16.5. The van der Waals surface area contributed by atoms with Crippen molar-refractivity contribution >= 4 is 22.7 Å². The number of ether oxygens (including phenoxy) is 3. The van der Waals surface area contributed by atoms with Crippen molar-refractivity contribution in [3.8, 4) is 17.2 Å². The summed E-state index contributed by atoms with van der Waals surface area (Å²) < 4.78 is 16.9. The average Bonchev–Trinajstić information content (AvgIpc) is 3.37. The van der Waals surface area contributed by atoms with Gasteiger partial charge in [0.1, 0.15) is 12.3 Å². The number of hydrogen-bond donors (Lipinski definition) is 1. The number of nitrogens with one attached hydrogen (secondary N) is 1. The molecule has 4 aromatic rings. The van der Waals surface area contributed by atoms with Crippen molar-refractivity contribution in [1.29, 1.82) is 0 Å². The number of para-hydroxylation sites is 1. The number of H-pyrrole nitrogens is 1. The summed E-state index contributed by atoms with van der Waals surface area (Å²) in [6, 6.07) is 21.6. The molecule has 212 valence electrons. The molecule has 2 unspecified atom stereocenters. The normalized spacial score (nSPS) is 20.3. The van der Waals surface area contributed by atoms with E-state index in [1.807, 2.05) is 81.4 Å². The zero-order chi connectivity index (χ0) is 28.9. The van der Waals surface area contributed by atoms with Crippen LogP contribution in [-0.4, -0.2) is 60.0 Å². The maximum Gasteiger partial charge on any atom is 0.255 e. The fraction of sp³-hybridized carbons (Fsp3) is 0.333. The molecule has 1 aromatic heterocycles. The van der Waals surface area contributed by atoms with Crippen LogP contribution in [0.2, 0.25) is 0 Å². The standard InChI is InChI=1S/C33H35N3O5/c1-20(2)41-27-15-12-22(16-28(27)40-5)25-18-36-29(37)19-35(17-21-10-13-23(39-4)14-11-21)32(38)33(36,3)31-30(25)24-8-6-7-9-26(24)34-31/h6-16,20,25,34H,17-19H2,1-5H3. The Morgan fingerprint density at radius 1 is 0.976 bits per heavy atom. The molecule has 0 saturated carbocycles. The number of hydrogen-bond acceptors (Lipinski definition) is 5. The third kappa shape index (κ3) is 4.38. The molecular formula is C33H35N3O5. The number of rotatable bonds is 7. The summed E-state index contributed by atoms with van der Waals surface area (Å²) in [5.41, 5.74) is 3.49. The Morgan fingerprint density at radius 3 is 2.44 bits per heavy atom. The van der Waals surface area contributed by atoms with Crippen LogP contribution in [0.1, 0.15) is 49.1 Å². The molecule has 0 aliphatic carbocycles. The van der Waals surface area contributed by atoms with Crippen LogP contribution in [0.4, 0.5) is 0 Å². The number of amides is 2. The number of fused-ring (bicyclic) bond motifs is 5. The Hall–Kier alpha value is -4.46. The number of benzene rings is 3. The third-order valence-corrected chi connectivity index (χ3v) is 8.30. The molecule has 2 atom stereocenters. The fourth-order valence-corrected chi connectivity index (χ4v) is 6.31. The van der Waals surface area contributed by atoms with E-state index in [0.717, 1.165) is 39.0 Å². The van der Waals surface area contributed by atoms with Crippen molar-refractivity contribution in [2.45, 2.75) is 44.9 Å². The third-order valence-electron chi connectivity index (χ3n) is 8.30. The quantitative estimate of drug-likeness (QED) is 0.340. The van der Waals surface area contributed by atoms with E-state index in [1.165, 1.54) is 0 Å². The van der Waals surface area contributed by atoms with Crippen molar-refractivity contribution in [2.24, 2.45) is 0 Å². The molecule has 2 aliphatic heterocycles. The summed E-state index contributed by atoms with van der Waals surface area (Å²) in [6.45, 7) is 6.56. The lowest BCUT2D eigenvalue weighted by Crippen LogP contribution is -2.67. The van der Waals surface area contributed by atoms with E-state index in [4.69, 9.17) is 14.2 Å². The van der Waals surface area contributed by atoms with Gasteiger partial charge >= 0.3 is 0 Å². The summed E-state index contributed by atoms with van der Waals surface area (Å²) in [6.07, 6.45) is 0.00297. The zero-order valence-electron chi connectivity index (χ0n) is 24.1. The second-order valence-corrected chi connectivity index (χ2v) is 11.2. The highest BCUT2D eigenvalue weighted by Crippen LogP contribution is 2.49. The first-order valence-corrected chi connectivity index (χ1v) is 13.9. The monoisotopic (exact) mass is 553 g/mol. The van der Waals surface area contributed by atoms with Crippen molar-refractivity contribution in [2.75, 3.05) is 27.3 Å². The molecule has 0 spiro atoms. The Balaban J connectivity index is 1.45. The van der Waals surface area contributed by atoms with Crippen LogP contribution in [-0.2, 0) is 21.7 Å². The van der Waals surface area contributed by atoms with Gasteiger partial charge in [-0.05, 0) is 67.8 Å². The molecule has 8 nitrogen and oxygen atoms in total. The highest BCUT2D eigenvalue weighted by Gasteiger charge is 2.56. The topological polar surface area (TPSA) is 84.1 Å². The van der Waals surface area contributed by atoms with Gasteiger partial charge < -0.3 is 29.0 Å². The predicted molar refractivity (Wildman–Crippen MR) is 156 cm³/mol. The van der Waals surface area contributed by atoms with E-state index >= 15 is 0 Å². The second kappa shape index (κ2) is 10.2. The zero-order valence-corrected chi connectivity index (χ0v) is 24.1. The predicted octanol–water partition coefficient (Wildman–Crippen LogP) is 5.20. The molecule has 1 N–H and O–H groups in total. The van der Waals surface area contributed by atoms with Gasteiger partial charge in [0.15, 0.2) is 17.0 Å². The molecule has 6 rings (SSSR count). The molecular weight excluding hydrogens is 518 g/mol. The molecule has 3 aromatic carbocycles. The molecule has 41 heavy (non-hydrogen) atoms. The summed E-state index contributed by atoms with van der Waals surface area (Å²) in [4.78, 5) is 35.1. The number of piperazine rings is 1. The SMILES string of the molecule is COc1ccc(CN2CC(=O)N3CC(c4ccc(OC(C)C)c(OC)c4)c4c([nH]c5ccccc45)C3(C)C2=O)cc1. The number of methoxy groups -OCH3 is 2. The summed E-state index contributed by atoms with van der Waals surface area (Å²) in [7, 11) is 3.25. The van der Waals surface area contributed by atoms with E-state index in [1.54, 1.807) is 24.0 Å². The molecule has 1 fully saturated rings. The van der Waals surface area contributed by atoms with Gasteiger partial charge in [0, 0.05) is 29.9 Å². The minimum absolute atomic E-state index is 0.00297. The lowest BCUT2D eigenvalue weighted by atomic mass is 9.76. The first-order chi connectivity index (χ1) is 19.7. The van der Waals surface area contributed by atoms with Crippen molar-refractivity contribution in [3.05, 3.63) is 89.1 Å². The molecule has 8 heteroatoms. The Labute approximate surface area is 239 Å². The van der Waals surface area contributed by atoms with Gasteiger partial charge in [-0.1, -0.05) is 36.4 Å². The minimum Gasteiger partial charge on any atom is -0.497 e. The molecule has 2 aliphatic rings. The first kappa shape index (κ1) is 26.7. The second-order valence-electron chi connectivity index (χ2n) is 11.2. The lowest BCUT2D eigenvalue weighted by molar-refractivity contribution is -0.166. The van der Waals surface area contributed by atoms with Crippen molar-refractivity contribution in [1.82, 2.24) is 14.8 Å². The largest absolute Gasteiger partial charge is 0.497 e. The summed E-state index contributed by atoms with van der Waals surface area (Å²) >= 11 is 0. The van der Waals surface area contributed by atoms with Crippen molar-refractivity contribution in [3.63, 3.8) is 0 Å². The molecule has 1 saturated heterocycles. The van der Waals surface area contributed by atoms with E-state index < -0.39 is 5.54 Å². The molecule has 2 amide bonds. The maximum atomic E-state index is 14.3. The highest BCUT2D eigenvalue weighted by molar-refractivity contribution is 6.01. The van der Waals surface area contributed by atoms with Crippen LogP contribution in [0.5, 0.6) is 17.2 Å². The number of aromatic amines is 1. The fourth-order valence-electron chi connectivity index (χ4n) is 6.31. The van der Waals surface area contributed by atoms with E-state index in [9.17, 15) is 9.59 Å². The van der Waals surface area contributed by atoms with Crippen LogP contribution in [0, 0.1) is 0 Å². The van der Waals surface area contributed by atoms with Gasteiger partial charge in [0.25, 0.3) is 5.91 Å². The number of aromatic nitrogens is 1. The maximum absolute atomic E-state index is 14.3. The van der Waals surface area contributed by atoms with E-state index in [0.29, 0.717) is 24.6 Å². The lowest BCUT2D eigenvalue weighted by Gasteiger charge is -2.51. The summed E-state index contributed by atoms with van der Waals surface area (Å²) in [5, 5.41) is 1.04. The van der Waals surface area contributed by atoms with E-state index in [-0.39, 0.29) is 30.4 Å². The van der Waals surface area contributed by atoms with Crippen LogP contribution in [0.25, 0.3) is 10.9 Å². The number of carbonyl (C=O) groups excluding carboxylic acids is 2. The van der Waals surface area contributed by atoms with Crippen LogP contribution in [0.15, 0.2) is 66.7 Å². The van der Waals surface area contributed by atoms with Gasteiger partial charge in [0.05, 0.1) is 26.0 Å². The Morgan fingerprint density at radius 2 is 1.73 bits per heavy atom. The van der Waals surface area contributed by atoms with Gasteiger partial charge in [-0.25, -0.2) is 0 Å². The van der Waals surface area contributed by atoms with Gasteiger partial charge in [-0.2, -0.15) is 0 Å². The van der Waals surface area contributed by atoms with Gasteiger partial charge in [-0.3, -0.25) is 9.59 Å². The molecule has 0 bridgehead atoms.